The van der Waals surface area contributed by atoms with Crippen molar-refractivity contribution < 1.29 is 4.74 Å². The highest BCUT2D eigenvalue weighted by atomic mass is 35.5. The molecule has 1 aromatic carbocycles. The number of benzene rings is 1. The van der Waals surface area contributed by atoms with Crippen molar-refractivity contribution in [2.24, 2.45) is 13.0 Å². The smallest absolute Gasteiger partial charge is 0.224 e. The summed E-state index contributed by atoms with van der Waals surface area (Å²) < 4.78 is 7.32. The topological polar surface area (TPSA) is 76.9 Å². The first-order valence-corrected chi connectivity index (χ1v) is 10.0. The van der Waals surface area contributed by atoms with E-state index in [1.807, 2.05) is 11.6 Å². The fourth-order valence-corrected chi connectivity index (χ4v) is 4.11. The van der Waals surface area contributed by atoms with Crippen molar-refractivity contribution in [3.63, 3.8) is 0 Å². The number of fused-ring (bicyclic) bond motifs is 1. The zero-order chi connectivity index (χ0) is 19.8. The Kier molecular flexibility index (Phi) is 5.51. The Morgan fingerprint density at radius 2 is 1.93 bits per heavy atom. The lowest BCUT2D eigenvalue weighted by Gasteiger charge is -2.29. The van der Waals surface area contributed by atoms with E-state index in [1.165, 1.54) is 0 Å². The highest BCUT2D eigenvalue weighted by Gasteiger charge is 2.23. The summed E-state index contributed by atoms with van der Waals surface area (Å²) in [6.45, 7) is 3.63. The van der Waals surface area contributed by atoms with Crippen LogP contribution in [0.3, 0.4) is 0 Å². The van der Waals surface area contributed by atoms with E-state index < -0.39 is 0 Å². The Bertz CT molecular complexity index is 1000. The number of nitrogens with one attached hydrogen (secondary N) is 2. The van der Waals surface area contributed by atoms with E-state index in [-0.39, 0.29) is 6.04 Å². The van der Waals surface area contributed by atoms with Crippen molar-refractivity contribution >= 4 is 63.6 Å². The van der Waals surface area contributed by atoms with E-state index in [2.05, 4.69) is 32.5 Å². The second-order valence-corrected chi connectivity index (χ2v) is 8.11. The molecule has 2 N–H and O–H groups in total. The summed E-state index contributed by atoms with van der Waals surface area (Å²) in [7, 11) is 1.86. The molecule has 0 bridgehead atoms. The van der Waals surface area contributed by atoms with Crippen LogP contribution in [0.1, 0.15) is 13.3 Å². The highest BCUT2D eigenvalue weighted by molar-refractivity contribution is 6.41. The number of rotatable bonds is 4. The Labute approximate surface area is 177 Å². The van der Waals surface area contributed by atoms with Gasteiger partial charge >= 0.3 is 0 Å². The molecule has 148 valence electrons. The lowest BCUT2D eigenvalue weighted by molar-refractivity contribution is 0.0536. The second kappa shape index (κ2) is 7.91. The monoisotopic (exact) mass is 440 g/mol. The Morgan fingerprint density at radius 3 is 2.64 bits per heavy atom. The molecule has 3 heterocycles. The molecule has 1 aliphatic rings. The van der Waals surface area contributed by atoms with Crippen molar-refractivity contribution in [1.82, 2.24) is 19.5 Å². The van der Waals surface area contributed by atoms with Gasteiger partial charge in [-0.1, -0.05) is 41.7 Å². The zero-order valence-electron chi connectivity index (χ0n) is 15.3. The molecule has 0 aliphatic carbocycles. The largest absolute Gasteiger partial charge is 0.381 e. The van der Waals surface area contributed by atoms with Crippen molar-refractivity contribution in [2.75, 3.05) is 23.8 Å². The molecular formula is C18H19Cl3N6O. The molecule has 0 unspecified atom stereocenters. The number of aromatic nitrogens is 4. The minimum atomic E-state index is 0.281. The Morgan fingerprint density at radius 1 is 1.18 bits per heavy atom. The maximum atomic E-state index is 6.27. The third-order valence-electron chi connectivity index (χ3n) is 4.81. The van der Waals surface area contributed by atoms with Crippen LogP contribution in [0.2, 0.25) is 15.1 Å². The lowest BCUT2D eigenvalue weighted by Crippen LogP contribution is -2.36. The SMILES string of the molecule is C[C@@H]1COCC[C@H]1Nc1ncc2nc(Nc3c(Cl)cc(Cl)cc3Cl)n(C)c2n1. The maximum absolute atomic E-state index is 6.27. The van der Waals surface area contributed by atoms with Crippen molar-refractivity contribution in [3.8, 4) is 0 Å². The lowest BCUT2D eigenvalue weighted by atomic mass is 9.98. The van der Waals surface area contributed by atoms with E-state index in [0.29, 0.717) is 49.7 Å². The minimum absolute atomic E-state index is 0.281. The van der Waals surface area contributed by atoms with Gasteiger partial charge in [0.15, 0.2) is 5.65 Å². The van der Waals surface area contributed by atoms with Gasteiger partial charge in [0.1, 0.15) is 5.52 Å². The molecule has 0 radical (unpaired) electrons. The summed E-state index contributed by atoms with van der Waals surface area (Å²) in [5, 5.41) is 7.86. The molecule has 0 saturated carbocycles. The predicted molar refractivity (Wildman–Crippen MR) is 113 cm³/mol. The molecule has 1 saturated heterocycles. The molecule has 2 atom stereocenters. The predicted octanol–water partition coefficient (Wildman–Crippen LogP) is 4.90. The Hall–Kier alpha value is -1.80. The first kappa shape index (κ1) is 19.5. The van der Waals surface area contributed by atoms with Crippen LogP contribution < -0.4 is 10.6 Å². The normalized spacial score (nSPS) is 19.8. The molecule has 1 fully saturated rings. The molecule has 28 heavy (non-hydrogen) atoms. The fraction of sp³-hybridized carbons (Fsp3) is 0.389. The van der Waals surface area contributed by atoms with Crippen LogP contribution in [-0.4, -0.2) is 38.8 Å². The van der Waals surface area contributed by atoms with Crippen LogP contribution >= 0.6 is 34.8 Å². The molecule has 0 amide bonds. The van der Waals surface area contributed by atoms with Gasteiger partial charge in [-0.25, -0.2) is 9.97 Å². The standard InChI is InChI=1S/C18H19Cl3N6O/c1-9-8-28-4-3-13(9)23-17-22-7-14-16(26-17)27(2)18(24-14)25-15-11(20)5-10(19)6-12(15)21/h5-7,9,13H,3-4,8H2,1-2H3,(H,24,25)(H,22,23,26)/t9-,13-/m1/s1. The molecule has 3 aromatic rings. The zero-order valence-corrected chi connectivity index (χ0v) is 17.6. The van der Waals surface area contributed by atoms with E-state index in [0.717, 1.165) is 19.6 Å². The van der Waals surface area contributed by atoms with E-state index >= 15 is 0 Å². The maximum Gasteiger partial charge on any atom is 0.224 e. The summed E-state index contributed by atoms with van der Waals surface area (Å²) in [6.07, 6.45) is 2.62. The van der Waals surface area contributed by atoms with Crippen molar-refractivity contribution in [1.29, 1.82) is 0 Å². The number of hydrogen-bond acceptors (Lipinski definition) is 6. The van der Waals surface area contributed by atoms with Gasteiger partial charge in [0.05, 0.1) is 28.5 Å². The molecule has 4 rings (SSSR count). The average Bonchev–Trinajstić information content (AvgIpc) is 2.96. The van der Waals surface area contributed by atoms with Gasteiger partial charge in [-0.3, -0.25) is 4.57 Å². The molecule has 0 spiro atoms. The average molecular weight is 442 g/mol. The van der Waals surface area contributed by atoms with Gasteiger partial charge in [-0.05, 0) is 24.5 Å². The van der Waals surface area contributed by atoms with Gasteiger partial charge in [-0.15, -0.1) is 0 Å². The molecule has 1 aliphatic heterocycles. The highest BCUT2D eigenvalue weighted by Crippen LogP contribution is 2.35. The van der Waals surface area contributed by atoms with Crippen LogP contribution in [0.15, 0.2) is 18.3 Å². The molecule has 10 heteroatoms. The third kappa shape index (κ3) is 3.85. The number of hydrogen-bond donors (Lipinski definition) is 2. The van der Waals surface area contributed by atoms with E-state index in [4.69, 9.17) is 39.5 Å². The molecule has 2 aromatic heterocycles. The van der Waals surface area contributed by atoms with Crippen LogP contribution in [0.25, 0.3) is 11.2 Å². The van der Waals surface area contributed by atoms with Crippen LogP contribution in [0.4, 0.5) is 17.6 Å². The Balaban J connectivity index is 1.62. The number of halogens is 3. The van der Waals surface area contributed by atoms with Gasteiger partial charge in [0, 0.05) is 24.7 Å². The summed E-state index contributed by atoms with van der Waals surface area (Å²) in [5.74, 6) is 1.52. The van der Waals surface area contributed by atoms with Crippen LogP contribution in [0.5, 0.6) is 0 Å². The van der Waals surface area contributed by atoms with Crippen molar-refractivity contribution in [3.05, 3.63) is 33.4 Å². The first-order valence-electron chi connectivity index (χ1n) is 8.87. The number of imidazole rings is 1. The molecule has 7 nitrogen and oxygen atoms in total. The third-order valence-corrected chi connectivity index (χ3v) is 5.63. The summed E-state index contributed by atoms with van der Waals surface area (Å²) >= 11 is 18.5. The second-order valence-electron chi connectivity index (χ2n) is 6.86. The minimum Gasteiger partial charge on any atom is -0.381 e. The number of nitrogens with zero attached hydrogens (tertiary/aromatic N) is 4. The van der Waals surface area contributed by atoms with E-state index in [9.17, 15) is 0 Å². The molecular weight excluding hydrogens is 423 g/mol. The number of anilines is 3. The summed E-state index contributed by atoms with van der Waals surface area (Å²) in [5.41, 5.74) is 1.89. The summed E-state index contributed by atoms with van der Waals surface area (Å²) in [4.78, 5) is 13.6. The van der Waals surface area contributed by atoms with Crippen LogP contribution in [-0.2, 0) is 11.8 Å². The van der Waals surface area contributed by atoms with Crippen molar-refractivity contribution in [2.45, 2.75) is 19.4 Å². The quantitative estimate of drug-likeness (QED) is 0.599. The van der Waals surface area contributed by atoms with Gasteiger partial charge in [-0.2, -0.15) is 4.98 Å². The summed E-state index contributed by atoms with van der Waals surface area (Å²) in [6, 6.07) is 3.52. The van der Waals surface area contributed by atoms with E-state index in [1.54, 1.807) is 18.3 Å². The fourth-order valence-electron chi connectivity index (χ4n) is 3.20. The van der Waals surface area contributed by atoms with Gasteiger partial charge < -0.3 is 15.4 Å². The first-order chi connectivity index (χ1) is 13.4. The van der Waals surface area contributed by atoms with Gasteiger partial charge in [0.25, 0.3) is 0 Å². The number of aryl methyl sites for hydroxylation is 1. The van der Waals surface area contributed by atoms with Gasteiger partial charge in [0.2, 0.25) is 11.9 Å². The van der Waals surface area contributed by atoms with Crippen LogP contribution in [0, 0.1) is 5.92 Å². The number of ether oxygens (including phenoxy) is 1.